The number of hydrogen-bond donors (Lipinski definition) is 1. The van der Waals surface area contributed by atoms with Gasteiger partial charge >= 0.3 is 0 Å². The average molecular weight is 286 g/mol. The zero-order chi connectivity index (χ0) is 14.1. The third-order valence-electron chi connectivity index (χ3n) is 3.05. The van der Waals surface area contributed by atoms with Gasteiger partial charge in [-0.2, -0.15) is 0 Å². The molecule has 2 aromatic carbocycles. The molecule has 102 valence electrons. The van der Waals surface area contributed by atoms with Gasteiger partial charge in [0, 0.05) is 5.69 Å². The molecule has 4 nitrogen and oxygen atoms in total. The molecule has 2 N–H and O–H groups in total. The summed E-state index contributed by atoms with van der Waals surface area (Å²) >= 11 is 1.59. The molecule has 20 heavy (non-hydrogen) atoms. The van der Waals surface area contributed by atoms with E-state index in [0.29, 0.717) is 11.5 Å². The first-order valence-electron chi connectivity index (χ1n) is 6.10. The lowest BCUT2D eigenvalue weighted by Gasteiger charge is -2.10. The number of hydrogen-bond acceptors (Lipinski definition) is 5. The first-order valence-corrected chi connectivity index (χ1v) is 6.92. The maximum Gasteiger partial charge on any atom is 0.170 e. The van der Waals surface area contributed by atoms with E-state index in [2.05, 4.69) is 4.98 Å². The van der Waals surface area contributed by atoms with Gasteiger partial charge in [-0.3, -0.25) is 0 Å². The number of nitrogens with zero attached hydrogens (tertiary/aromatic N) is 1. The molecule has 0 fully saturated rings. The Morgan fingerprint density at radius 3 is 2.70 bits per heavy atom. The van der Waals surface area contributed by atoms with E-state index in [1.807, 2.05) is 36.4 Å². The molecule has 0 spiro atoms. The van der Waals surface area contributed by atoms with E-state index in [9.17, 15) is 0 Å². The first kappa shape index (κ1) is 12.7. The summed E-state index contributed by atoms with van der Waals surface area (Å²) in [4.78, 5) is 4.64. The number of ether oxygens (including phenoxy) is 2. The summed E-state index contributed by atoms with van der Waals surface area (Å²) in [7, 11) is 3.26. The summed E-state index contributed by atoms with van der Waals surface area (Å²) < 4.78 is 11.8. The Balaban J connectivity index is 2.20. The minimum absolute atomic E-state index is 0.696. The molecule has 0 unspecified atom stereocenters. The lowest BCUT2D eigenvalue weighted by molar-refractivity contribution is 0.356. The molecule has 0 aliphatic rings. The summed E-state index contributed by atoms with van der Waals surface area (Å²) in [5, 5.41) is 0.890. The summed E-state index contributed by atoms with van der Waals surface area (Å²) in [6.45, 7) is 0. The number of anilines is 1. The van der Waals surface area contributed by atoms with E-state index in [-0.39, 0.29) is 0 Å². The predicted octanol–water partition coefficient (Wildman–Crippen LogP) is 3.56. The SMILES string of the molecule is COc1cccc(-c2nc3ccc(N)cc3s2)c1OC. The van der Waals surface area contributed by atoms with Crippen molar-refractivity contribution in [1.29, 1.82) is 0 Å². The van der Waals surface area contributed by atoms with Crippen LogP contribution in [0.1, 0.15) is 0 Å². The van der Waals surface area contributed by atoms with E-state index in [1.165, 1.54) is 0 Å². The molecular weight excluding hydrogens is 272 g/mol. The summed E-state index contributed by atoms with van der Waals surface area (Å²) in [5.41, 5.74) is 8.41. The van der Waals surface area contributed by atoms with Gasteiger partial charge in [0.2, 0.25) is 0 Å². The first-order chi connectivity index (χ1) is 9.72. The van der Waals surface area contributed by atoms with Gasteiger partial charge in [0.15, 0.2) is 11.5 Å². The molecule has 0 amide bonds. The quantitative estimate of drug-likeness (QED) is 0.748. The molecule has 3 aromatic rings. The highest BCUT2D eigenvalue weighted by Gasteiger charge is 2.15. The van der Waals surface area contributed by atoms with Gasteiger partial charge in [-0.05, 0) is 30.3 Å². The molecular formula is C15H14N2O2S. The molecule has 0 radical (unpaired) electrons. The highest BCUT2D eigenvalue weighted by atomic mass is 32.1. The summed E-state index contributed by atoms with van der Waals surface area (Å²) in [6, 6.07) is 11.5. The Hall–Kier alpha value is -2.27. The molecule has 0 aliphatic heterocycles. The van der Waals surface area contributed by atoms with Crippen molar-refractivity contribution in [1.82, 2.24) is 4.98 Å². The number of thiazole rings is 1. The molecule has 0 aliphatic carbocycles. The van der Waals surface area contributed by atoms with E-state index in [1.54, 1.807) is 25.6 Å². The number of fused-ring (bicyclic) bond motifs is 1. The summed E-state index contributed by atoms with van der Waals surface area (Å²) in [5.74, 6) is 1.39. The van der Waals surface area contributed by atoms with E-state index < -0.39 is 0 Å². The van der Waals surface area contributed by atoms with Crippen LogP contribution in [0.5, 0.6) is 11.5 Å². The standard InChI is InChI=1S/C15H14N2O2S/c1-18-12-5-3-4-10(14(12)19-2)15-17-11-7-6-9(16)8-13(11)20-15/h3-8H,16H2,1-2H3. The van der Waals surface area contributed by atoms with Crippen LogP contribution in [0, 0.1) is 0 Å². The van der Waals surface area contributed by atoms with Crippen molar-refractivity contribution in [2.45, 2.75) is 0 Å². The van der Waals surface area contributed by atoms with Crippen LogP contribution in [-0.2, 0) is 0 Å². The third kappa shape index (κ3) is 2.06. The molecule has 1 heterocycles. The molecule has 3 rings (SSSR count). The number of rotatable bonds is 3. The fourth-order valence-corrected chi connectivity index (χ4v) is 3.15. The van der Waals surface area contributed by atoms with Gasteiger partial charge in [0.05, 0.1) is 30.0 Å². The Labute approximate surface area is 120 Å². The Morgan fingerprint density at radius 1 is 1.10 bits per heavy atom. The number of aromatic nitrogens is 1. The van der Waals surface area contributed by atoms with Gasteiger partial charge in [-0.25, -0.2) is 4.98 Å². The van der Waals surface area contributed by atoms with E-state index in [0.717, 1.165) is 26.5 Å². The molecule has 5 heteroatoms. The van der Waals surface area contributed by atoms with Crippen LogP contribution in [0.15, 0.2) is 36.4 Å². The lowest BCUT2D eigenvalue weighted by atomic mass is 10.2. The van der Waals surface area contributed by atoms with Crippen molar-refractivity contribution in [2.75, 3.05) is 20.0 Å². The lowest BCUT2D eigenvalue weighted by Crippen LogP contribution is -1.92. The van der Waals surface area contributed by atoms with Crippen molar-refractivity contribution in [3.05, 3.63) is 36.4 Å². The van der Waals surface area contributed by atoms with Gasteiger partial charge < -0.3 is 15.2 Å². The highest BCUT2D eigenvalue weighted by molar-refractivity contribution is 7.21. The van der Waals surface area contributed by atoms with Crippen molar-refractivity contribution in [2.24, 2.45) is 0 Å². The predicted molar refractivity (Wildman–Crippen MR) is 82.6 cm³/mol. The van der Waals surface area contributed by atoms with Gasteiger partial charge in [-0.15, -0.1) is 11.3 Å². The fourth-order valence-electron chi connectivity index (χ4n) is 2.11. The van der Waals surface area contributed by atoms with Crippen LogP contribution < -0.4 is 15.2 Å². The van der Waals surface area contributed by atoms with E-state index >= 15 is 0 Å². The van der Waals surface area contributed by atoms with Crippen molar-refractivity contribution in [3.63, 3.8) is 0 Å². The van der Waals surface area contributed by atoms with Crippen molar-refractivity contribution >= 4 is 27.2 Å². The molecule has 0 atom stereocenters. The number of nitrogens with two attached hydrogens (primary N) is 1. The van der Waals surface area contributed by atoms with E-state index in [4.69, 9.17) is 15.2 Å². The van der Waals surface area contributed by atoms with Crippen molar-refractivity contribution in [3.8, 4) is 22.1 Å². The summed E-state index contributed by atoms with van der Waals surface area (Å²) in [6.07, 6.45) is 0. The topological polar surface area (TPSA) is 57.4 Å². The number of para-hydroxylation sites is 1. The second-order valence-corrected chi connectivity index (χ2v) is 5.32. The molecule has 0 saturated heterocycles. The van der Waals surface area contributed by atoms with Crippen molar-refractivity contribution < 1.29 is 9.47 Å². The number of methoxy groups -OCH3 is 2. The number of nitrogen functional groups attached to an aromatic ring is 1. The van der Waals surface area contributed by atoms with Crippen LogP contribution in [0.25, 0.3) is 20.8 Å². The normalized spacial score (nSPS) is 10.7. The third-order valence-corrected chi connectivity index (χ3v) is 4.10. The minimum Gasteiger partial charge on any atom is -0.493 e. The number of benzene rings is 2. The van der Waals surface area contributed by atoms with Crippen LogP contribution in [0.4, 0.5) is 5.69 Å². The van der Waals surface area contributed by atoms with Gasteiger partial charge in [0.25, 0.3) is 0 Å². The molecule has 1 aromatic heterocycles. The molecule has 0 saturated carbocycles. The van der Waals surface area contributed by atoms with Crippen LogP contribution in [0.3, 0.4) is 0 Å². The molecule has 0 bridgehead atoms. The fraction of sp³-hybridized carbons (Fsp3) is 0.133. The van der Waals surface area contributed by atoms with Gasteiger partial charge in [0.1, 0.15) is 5.01 Å². The maximum atomic E-state index is 5.81. The average Bonchev–Trinajstić information content (AvgIpc) is 2.88. The Bertz CT molecular complexity index is 768. The van der Waals surface area contributed by atoms with Crippen LogP contribution in [0.2, 0.25) is 0 Å². The minimum atomic E-state index is 0.696. The largest absolute Gasteiger partial charge is 0.493 e. The van der Waals surface area contributed by atoms with Crippen LogP contribution in [-0.4, -0.2) is 19.2 Å². The zero-order valence-electron chi connectivity index (χ0n) is 11.2. The zero-order valence-corrected chi connectivity index (χ0v) is 12.0. The second kappa shape index (κ2) is 5.02. The highest BCUT2D eigenvalue weighted by Crippen LogP contribution is 2.40. The maximum absolute atomic E-state index is 5.81. The monoisotopic (exact) mass is 286 g/mol. The second-order valence-electron chi connectivity index (χ2n) is 4.29. The van der Waals surface area contributed by atoms with Gasteiger partial charge in [-0.1, -0.05) is 6.07 Å². The smallest absolute Gasteiger partial charge is 0.170 e. The Kier molecular flexibility index (Phi) is 3.20. The van der Waals surface area contributed by atoms with Crippen LogP contribution >= 0.6 is 11.3 Å². The Morgan fingerprint density at radius 2 is 1.95 bits per heavy atom.